The van der Waals surface area contributed by atoms with E-state index in [0.717, 1.165) is 13.1 Å². The van der Waals surface area contributed by atoms with Crippen LogP contribution in [0.25, 0.3) is 0 Å². The number of hydrogen-bond donors (Lipinski definition) is 2. The van der Waals surface area contributed by atoms with Gasteiger partial charge < -0.3 is 10.1 Å². The van der Waals surface area contributed by atoms with Crippen LogP contribution < -0.4 is 5.32 Å². The van der Waals surface area contributed by atoms with Gasteiger partial charge in [0, 0.05) is 26.2 Å². The van der Waals surface area contributed by atoms with Crippen molar-refractivity contribution in [3.63, 3.8) is 0 Å². The zero-order valence-electron chi connectivity index (χ0n) is 10.9. The summed E-state index contributed by atoms with van der Waals surface area (Å²) in [7, 11) is 1.67. The summed E-state index contributed by atoms with van der Waals surface area (Å²) >= 11 is 0. The van der Waals surface area contributed by atoms with E-state index in [1.165, 1.54) is 6.20 Å². The zero-order chi connectivity index (χ0) is 13.1. The summed E-state index contributed by atoms with van der Waals surface area (Å²) in [6.45, 7) is 5.89. The number of methoxy groups -OCH3 is 1. The van der Waals surface area contributed by atoms with E-state index in [2.05, 4.69) is 39.5 Å². The fraction of sp³-hybridized carbons (Fsp3) is 0.727. The van der Waals surface area contributed by atoms with Gasteiger partial charge in [0.15, 0.2) is 5.69 Å². The van der Waals surface area contributed by atoms with Crippen LogP contribution in [0.1, 0.15) is 24.3 Å². The molecule has 2 rings (SSSR count). The van der Waals surface area contributed by atoms with Gasteiger partial charge in [-0.25, -0.2) is 0 Å². The summed E-state index contributed by atoms with van der Waals surface area (Å²) in [6.07, 6.45) is 1.43. The first-order valence-electron chi connectivity index (χ1n) is 6.05. The van der Waals surface area contributed by atoms with E-state index in [1.54, 1.807) is 7.11 Å². The molecule has 0 unspecified atom stereocenters. The highest BCUT2D eigenvalue weighted by atomic mass is 16.5. The molecule has 0 bridgehead atoms. The van der Waals surface area contributed by atoms with E-state index >= 15 is 0 Å². The summed E-state index contributed by atoms with van der Waals surface area (Å²) < 4.78 is 5.42. The van der Waals surface area contributed by atoms with Gasteiger partial charge in [-0.3, -0.25) is 9.69 Å². The van der Waals surface area contributed by atoms with Crippen LogP contribution >= 0.6 is 0 Å². The number of carbonyl (C=O) groups excluding carboxylic acids is 1. The van der Waals surface area contributed by atoms with Gasteiger partial charge in [-0.05, 0) is 13.8 Å². The third-order valence-electron chi connectivity index (χ3n) is 3.29. The van der Waals surface area contributed by atoms with E-state index in [-0.39, 0.29) is 18.1 Å². The van der Waals surface area contributed by atoms with Crippen molar-refractivity contribution in [1.29, 1.82) is 0 Å². The Morgan fingerprint density at radius 2 is 2.39 bits per heavy atom. The second-order valence-electron chi connectivity index (χ2n) is 4.76. The van der Waals surface area contributed by atoms with Gasteiger partial charge in [-0.15, -0.1) is 0 Å². The molecule has 2 heterocycles. The molecule has 100 valence electrons. The topological polar surface area (TPSA) is 83.1 Å². The normalized spacial score (nSPS) is 24.7. The molecule has 7 heteroatoms. The molecule has 2 atom stereocenters. The molecule has 1 amide bonds. The van der Waals surface area contributed by atoms with Gasteiger partial charge in [-0.2, -0.15) is 15.4 Å². The molecule has 0 spiro atoms. The van der Waals surface area contributed by atoms with Gasteiger partial charge in [0.05, 0.1) is 18.3 Å². The summed E-state index contributed by atoms with van der Waals surface area (Å²) in [5, 5.41) is 12.7. The second-order valence-corrected chi connectivity index (χ2v) is 4.76. The molecule has 1 aliphatic rings. The Morgan fingerprint density at radius 3 is 2.94 bits per heavy atom. The number of carbonyl (C=O) groups is 1. The van der Waals surface area contributed by atoms with Crippen LogP contribution in [-0.4, -0.2) is 64.6 Å². The quantitative estimate of drug-likeness (QED) is 0.766. The lowest BCUT2D eigenvalue weighted by molar-refractivity contribution is 0.0750. The Labute approximate surface area is 106 Å². The number of aromatic amines is 1. The molecule has 1 aliphatic heterocycles. The average molecular weight is 253 g/mol. The van der Waals surface area contributed by atoms with Crippen molar-refractivity contribution in [1.82, 2.24) is 25.6 Å². The zero-order valence-corrected chi connectivity index (χ0v) is 10.9. The predicted octanol–water partition coefficient (Wildman–Crippen LogP) is -0.358. The fourth-order valence-electron chi connectivity index (χ4n) is 2.16. The molecular formula is C11H19N5O2. The minimum Gasteiger partial charge on any atom is -0.378 e. The van der Waals surface area contributed by atoms with Crippen LogP contribution in [0.5, 0.6) is 0 Å². The second kappa shape index (κ2) is 5.45. The molecule has 2 N–H and O–H groups in total. The van der Waals surface area contributed by atoms with Crippen molar-refractivity contribution >= 4 is 5.91 Å². The van der Waals surface area contributed by atoms with Crippen LogP contribution in [0, 0.1) is 0 Å². The lowest BCUT2D eigenvalue weighted by atomic mass is 10.2. The smallest absolute Gasteiger partial charge is 0.273 e. The number of ether oxygens (including phenoxy) is 1. The predicted molar refractivity (Wildman–Crippen MR) is 65.1 cm³/mol. The van der Waals surface area contributed by atoms with Gasteiger partial charge in [0.25, 0.3) is 5.91 Å². The lowest BCUT2D eigenvalue weighted by Crippen LogP contribution is -2.43. The van der Waals surface area contributed by atoms with Gasteiger partial charge in [0.1, 0.15) is 0 Å². The van der Waals surface area contributed by atoms with Crippen molar-refractivity contribution in [3.8, 4) is 0 Å². The van der Waals surface area contributed by atoms with E-state index in [4.69, 9.17) is 4.74 Å². The number of likely N-dealkylation sites (tertiary alicyclic amines) is 1. The monoisotopic (exact) mass is 253 g/mol. The summed E-state index contributed by atoms with van der Waals surface area (Å²) in [6, 6.07) is 0.429. The van der Waals surface area contributed by atoms with Crippen molar-refractivity contribution in [2.45, 2.75) is 32.0 Å². The Bertz CT molecular complexity index is 392. The number of amides is 1. The van der Waals surface area contributed by atoms with Crippen LogP contribution in [0.4, 0.5) is 0 Å². The van der Waals surface area contributed by atoms with Crippen molar-refractivity contribution in [3.05, 3.63) is 11.9 Å². The molecule has 0 aliphatic carbocycles. The number of H-pyrrole nitrogens is 1. The maximum Gasteiger partial charge on any atom is 0.273 e. The molecular weight excluding hydrogens is 234 g/mol. The summed E-state index contributed by atoms with van der Waals surface area (Å²) in [5.41, 5.74) is 0.299. The molecule has 0 saturated carbocycles. The molecule has 1 aromatic heterocycles. The highest BCUT2D eigenvalue weighted by Gasteiger charge is 2.35. The maximum absolute atomic E-state index is 11.9. The third kappa shape index (κ3) is 2.68. The van der Waals surface area contributed by atoms with Crippen molar-refractivity contribution in [2.75, 3.05) is 20.2 Å². The van der Waals surface area contributed by atoms with Gasteiger partial charge in [0.2, 0.25) is 0 Å². The largest absolute Gasteiger partial charge is 0.378 e. The molecule has 0 radical (unpaired) electrons. The number of nitrogens with zero attached hydrogens (tertiary/aromatic N) is 3. The molecule has 7 nitrogen and oxygen atoms in total. The van der Waals surface area contributed by atoms with Crippen LogP contribution in [0.15, 0.2) is 6.20 Å². The Balaban J connectivity index is 1.98. The SMILES string of the molecule is CO[C@@H]1CN(C(C)C)C[C@H]1NC(=O)c1cn[nH]n1. The maximum atomic E-state index is 11.9. The number of rotatable bonds is 4. The van der Waals surface area contributed by atoms with Crippen LogP contribution in [0.3, 0.4) is 0 Å². The van der Waals surface area contributed by atoms with Gasteiger partial charge >= 0.3 is 0 Å². The van der Waals surface area contributed by atoms with E-state index in [0.29, 0.717) is 11.7 Å². The first-order chi connectivity index (χ1) is 8.61. The van der Waals surface area contributed by atoms with E-state index in [9.17, 15) is 4.79 Å². The number of nitrogens with one attached hydrogen (secondary N) is 2. The lowest BCUT2D eigenvalue weighted by Gasteiger charge is -2.19. The van der Waals surface area contributed by atoms with Crippen molar-refractivity contribution < 1.29 is 9.53 Å². The highest BCUT2D eigenvalue weighted by Crippen LogP contribution is 2.16. The Kier molecular flexibility index (Phi) is 3.93. The van der Waals surface area contributed by atoms with E-state index < -0.39 is 0 Å². The molecule has 0 aromatic carbocycles. The molecule has 18 heavy (non-hydrogen) atoms. The van der Waals surface area contributed by atoms with Crippen LogP contribution in [-0.2, 0) is 4.74 Å². The summed E-state index contributed by atoms with van der Waals surface area (Å²) in [5.74, 6) is -0.221. The Morgan fingerprint density at radius 1 is 1.61 bits per heavy atom. The molecule has 1 fully saturated rings. The Hall–Kier alpha value is -1.47. The highest BCUT2D eigenvalue weighted by molar-refractivity contribution is 5.92. The van der Waals surface area contributed by atoms with Crippen molar-refractivity contribution in [2.24, 2.45) is 0 Å². The number of aromatic nitrogens is 3. The van der Waals surface area contributed by atoms with Crippen LogP contribution in [0.2, 0.25) is 0 Å². The van der Waals surface area contributed by atoms with Gasteiger partial charge in [-0.1, -0.05) is 0 Å². The standard InChI is InChI=1S/C11H19N5O2/c1-7(2)16-5-9(10(6-16)18-3)13-11(17)8-4-12-15-14-8/h4,7,9-10H,5-6H2,1-3H3,(H,13,17)(H,12,14,15)/t9-,10-/m1/s1. The minimum atomic E-state index is -0.221. The first kappa shape index (κ1) is 13.0. The van der Waals surface area contributed by atoms with E-state index in [1.807, 2.05) is 0 Å². The minimum absolute atomic E-state index is 0.0124. The fourth-order valence-corrected chi connectivity index (χ4v) is 2.16. The average Bonchev–Trinajstić information content (AvgIpc) is 2.97. The summed E-state index contributed by atoms with van der Waals surface area (Å²) in [4.78, 5) is 14.2. The number of hydrogen-bond acceptors (Lipinski definition) is 5. The molecule has 1 aromatic rings. The third-order valence-corrected chi connectivity index (χ3v) is 3.29. The molecule has 1 saturated heterocycles. The first-order valence-corrected chi connectivity index (χ1v) is 6.05.